The van der Waals surface area contributed by atoms with Crippen LogP contribution in [-0.2, 0) is 9.59 Å². The maximum Gasteiger partial charge on any atom is 1.00 e. The normalized spacial score (nSPS) is 5.50. The molecule has 0 radical (unpaired) electrons. The molecule has 8 heavy (non-hydrogen) atoms. The fraction of sp³-hybridized carbons (Fsp3) is 0. The second kappa shape index (κ2) is 6.97. The zero-order valence-corrected chi connectivity index (χ0v) is 5.83. The summed E-state index contributed by atoms with van der Waals surface area (Å²) >= 11 is 0. The van der Waals surface area contributed by atoms with Crippen molar-refractivity contribution in [1.29, 1.82) is 0 Å². The van der Waals surface area contributed by atoms with Crippen LogP contribution in [0.4, 0.5) is 0 Å². The fourth-order valence-corrected chi connectivity index (χ4v) is 0. The second-order valence-corrected chi connectivity index (χ2v) is 0.610. The third-order valence-corrected chi connectivity index (χ3v) is 0.183. The minimum atomic E-state index is -1.82. The summed E-state index contributed by atoms with van der Waals surface area (Å²) in [6, 6.07) is 0. The summed E-state index contributed by atoms with van der Waals surface area (Å²) in [6.07, 6.45) is 0. The van der Waals surface area contributed by atoms with Gasteiger partial charge in [0, 0.05) is 0 Å². The number of hydrogen-bond acceptors (Lipinski definition) is 2. The Morgan fingerprint density at radius 3 is 1.25 bits per heavy atom. The Morgan fingerprint density at radius 2 is 1.25 bits per heavy atom. The van der Waals surface area contributed by atoms with Gasteiger partial charge >= 0.3 is 30.8 Å². The second-order valence-electron chi connectivity index (χ2n) is 0.610. The van der Waals surface area contributed by atoms with Crippen LogP contribution in [0.1, 0.15) is 1.43 Å². The van der Waals surface area contributed by atoms with Gasteiger partial charge in [0.05, 0.1) is 0 Å². The van der Waals surface area contributed by atoms with E-state index in [4.69, 9.17) is 19.8 Å². The third-order valence-electron chi connectivity index (χ3n) is 0.183. The molecule has 1 atom stereocenters. The molecule has 0 aliphatic carbocycles. The van der Waals surface area contributed by atoms with Crippen molar-refractivity contribution in [3.8, 4) is 0 Å². The van der Waals surface area contributed by atoms with Gasteiger partial charge in [-0.25, -0.2) is 9.59 Å². The minimum absolute atomic E-state index is 0. The zero-order chi connectivity index (χ0) is 5.15. The summed E-state index contributed by atoms with van der Waals surface area (Å²) in [6.45, 7) is 0. The number of carboxylic acids is 2. The summed E-state index contributed by atoms with van der Waals surface area (Å²) in [4.78, 5) is 18.2. The molecule has 4 nitrogen and oxygen atoms in total. The van der Waals surface area contributed by atoms with Crippen molar-refractivity contribution in [1.82, 2.24) is 0 Å². The summed E-state index contributed by atoms with van der Waals surface area (Å²) in [5, 5.41) is 14.8. The molecule has 0 aromatic rings. The average Bonchev–Trinajstić information content (AvgIpc) is 1.36. The van der Waals surface area contributed by atoms with Crippen LogP contribution in [0, 0.1) is 0 Å². The summed E-state index contributed by atoms with van der Waals surface area (Å²) in [7, 11) is 0. The van der Waals surface area contributed by atoms with Crippen LogP contribution in [0.25, 0.3) is 0 Å². The molecule has 0 saturated heterocycles. The molecule has 0 fully saturated rings. The first-order chi connectivity index (χ1) is 2.64. The quantitative estimate of drug-likeness (QED) is 0.202. The fourth-order valence-electron chi connectivity index (χ4n) is 0. The predicted molar refractivity (Wildman–Crippen MR) is 27.5 cm³/mol. The Kier molecular flexibility index (Phi) is 13.7. The monoisotopic (exact) mass is 132 g/mol. The topological polar surface area (TPSA) is 74.6 Å². The average molecular weight is 132 g/mol. The molecule has 0 heterocycles. The van der Waals surface area contributed by atoms with E-state index in [1.54, 1.807) is 0 Å². The van der Waals surface area contributed by atoms with E-state index in [0.717, 1.165) is 0 Å². The molecular weight excluding hydrogens is 126 g/mol. The molecule has 0 amide bonds. The maximum absolute atomic E-state index is 9.10. The number of carboxylic acid groups (broad SMARTS) is 2. The van der Waals surface area contributed by atoms with Gasteiger partial charge in [0.15, 0.2) is 0 Å². The van der Waals surface area contributed by atoms with Crippen molar-refractivity contribution in [2.75, 3.05) is 0 Å². The van der Waals surface area contributed by atoms with E-state index in [1.165, 1.54) is 0 Å². The summed E-state index contributed by atoms with van der Waals surface area (Å²) < 4.78 is 0. The van der Waals surface area contributed by atoms with Crippen LogP contribution >= 0.6 is 9.90 Å². The first kappa shape index (κ1) is 15.7. The Balaban J connectivity index is -0.0000000417. The number of carbonyl (C=O) groups is 2. The minimum Gasteiger partial charge on any atom is -1.00 e. The van der Waals surface area contributed by atoms with Crippen molar-refractivity contribution < 1.29 is 40.1 Å². The molecule has 0 aliphatic heterocycles. The van der Waals surface area contributed by atoms with Crippen LogP contribution in [0.2, 0.25) is 0 Å². The van der Waals surface area contributed by atoms with Gasteiger partial charge in [0.1, 0.15) is 0 Å². The number of hydrogen-bond donors (Lipinski definition) is 2. The van der Waals surface area contributed by atoms with E-state index >= 15 is 0 Å². The Bertz CT molecular complexity index is 84.6. The third kappa shape index (κ3) is 9.35. The van der Waals surface area contributed by atoms with Gasteiger partial charge in [-0.15, -0.1) is 0 Å². The van der Waals surface area contributed by atoms with Gasteiger partial charge in [-0.2, -0.15) is 9.90 Å². The Hall–Kier alpha value is -0.0326. The molecule has 0 aromatic carbocycles. The van der Waals surface area contributed by atoms with Crippen LogP contribution in [0.3, 0.4) is 0 Å². The van der Waals surface area contributed by atoms with Gasteiger partial charge in [-0.05, 0) is 0 Å². The first-order valence-corrected chi connectivity index (χ1v) is 1.11. The van der Waals surface area contributed by atoms with Crippen molar-refractivity contribution in [3.05, 3.63) is 0 Å². The van der Waals surface area contributed by atoms with Crippen LogP contribution in [0.15, 0.2) is 0 Å². The molecule has 0 aromatic heterocycles. The Labute approximate surface area is 62.5 Å². The van der Waals surface area contributed by atoms with Crippen molar-refractivity contribution >= 4 is 21.8 Å². The first-order valence-electron chi connectivity index (χ1n) is 1.11. The van der Waals surface area contributed by atoms with Crippen LogP contribution in [-0.4, -0.2) is 22.2 Å². The van der Waals surface area contributed by atoms with Crippen LogP contribution in [0.5, 0.6) is 0 Å². The molecule has 6 heteroatoms. The molecule has 1 unspecified atom stereocenters. The number of rotatable bonds is 0. The van der Waals surface area contributed by atoms with E-state index in [-0.39, 0.29) is 30.2 Å². The Morgan fingerprint density at radius 1 is 1.12 bits per heavy atom. The number of aliphatic carboxylic acids is 2. The van der Waals surface area contributed by atoms with E-state index in [2.05, 4.69) is 0 Å². The molecule has 0 bridgehead atoms. The maximum atomic E-state index is 9.10. The summed E-state index contributed by atoms with van der Waals surface area (Å²) in [5.74, 6) is -3.65. The van der Waals surface area contributed by atoms with Crippen molar-refractivity contribution in [3.63, 3.8) is 0 Å². The standard InChI is InChI=1S/C2H2O4.Li.H3P.H/c3-1(4)2(5)6;;;/h(H,3,4)(H,5,6);;1H3;/q;+1;;-1. The van der Waals surface area contributed by atoms with Gasteiger partial charge in [0.25, 0.3) is 0 Å². The molecule has 0 rings (SSSR count). The molecule has 0 aliphatic rings. The molecule has 0 spiro atoms. The van der Waals surface area contributed by atoms with Gasteiger partial charge in [-0.1, -0.05) is 0 Å². The van der Waals surface area contributed by atoms with E-state index in [9.17, 15) is 0 Å². The van der Waals surface area contributed by atoms with Gasteiger partial charge in [0.2, 0.25) is 0 Å². The van der Waals surface area contributed by atoms with Gasteiger partial charge < -0.3 is 11.6 Å². The van der Waals surface area contributed by atoms with E-state index < -0.39 is 11.9 Å². The molecular formula is C2H6LiO4P. The molecule has 0 saturated carbocycles. The predicted octanol–water partition coefficient (Wildman–Crippen LogP) is -3.67. The molecule has 2 N–H and O–H groups in total. The van der Waals surface area contributed by atoms with Crippen LogP contribution < -0.4 is 18.9 Å². The van der Waals surface area contributed by atoms with Gasteiger partial charge in [-0.3, -0.25) is 0 Å². The van der Waals surface area contributed by atoms with Crippen molar-refractivity contribution in [2.24, 2.45) is 0 Å². The smallest absolute Gasteiger partial charge is 1.00 e. The molecule has 44 valence electrons. The van der Waals surface area contributed by atoms with E-state index in [1.807, 2.05) is 0 Å². The summed E-state index contributed by atoms with van der Waals surface area (Å²) in [5.41, 5.74) is 0. The zero-order valence-electron chi connectivity index (χ0n) is 5.42. The largest absolute Gasteiger partial charge is 1.00 e. The van der Waals surface area contributed by atoms with E-state index in [0.29, 0.717) is 0 Å². The SMILES string of the molecule is O=C(O)C(=O)O.P.[H-].[Li+]. The van der Waals surface area contributed by atoms with Crippen molar-refractivity contribution in [2.45, 2.75) is 0 Å².